The van der Waals surface area contributed by atoms with E-state index in [-0.39, 0.29) is 24.3 Å². The maximum absolute atomic E-state index is 12.0. The second-order valence-electron chi connectivity index (χ2n) is 6.67. The number of rotatable bonds is 10. The van der Waals surface area contributed by atoms with Crippen LogP contribution in [0.15, 0.2) is 24.3 Å². The lowest BCUT2D eigenvalue weighted by Crippen LogP contribution is -2.32. The highest BCUT2D eigenvalue weighted by atomic mass is 16.4. The predicted octanol–water partition coefficient (Wildman–Crippen LogP) is 3.15. The Bertz CT molecular complexity index is 570. The first-order valence-electron chi connectivity index (χ1n) is 9.44. The second-order valence-corrected chi connectivity index (χ2v) is 6.67. The fourth-order valence-electron chi connectivity index (χ4n) is 2.78. The van der Waals surface area contributed by atoms with Crippen LogP contribution in [0.4, 0.5) is 0 Å². The van der Waals surface area contributed by atoms with E-state index in [2.05, 4.69) is 11.8 Å². The number of carboxylic acid groups (broad SMARTS) is 1. The van der Waals surface area contributed by atoms with Gasteiger partial charge in [-0.15, -0.1) is 11.8 Å². The number of unbranched alkanes of at least 4 members (excludes halogenated alkanes) is 1. The fraction of sp³-hybridized carbons (Fsp3) is 0.619. The van der Waals surface area contributed by atoms with Crippen molar-refractivity contribution in [2.24, 2.45) is 5.92 Å². The average molecular weight is 361 g/mol. The van der Waals surface area contributed by atoms with Gasteiger partial charge in [0.05, 0.1) is 12.1 Å². The van der Waals surface area contributed by atoms with Crippen molar-refractivity contribution < 1.29 is 19.8 Å². The van der Waals surface area contributed by atoms with Crippen molar-refractivity contribution in [2.45, 2.75) is 70.9 Å². The second kappa shape index (κ2) is 12.3. The van der Waals surface area contributed by atoms with Gasteiger partial charge in [0.25, 0.3) is 0 Å². The molecule has 1 aliphatic rings. The van der Waals surface area contributed by atoms with Gasteiger partial charge in [0, 0.05) is 32.2 Å². The molecule has 0 radical (unpaired) electrons. The van der Waals surface area contributed by atoms with Gasteiger partial charge in [0.15, 0.2) is 0 Å². The number of carboxylic acids is 1. The molecule has 5 heteroatoms. The zero-order chi connectivity index (χ0) is 19.4. The van der Waals surface area contributed by atoms with E-state index in [0.29, 0.717) is 32.2 Å². The van der Waals surface area contributed by atoms with E-state index in [4.69, 9.17) is 5.11 Å². The zero-order valence-electron chi connectivity index (χ0n) is 15.9. The Morgan fingerprint density at radius 1 is 1.38 bits per heavy atom. The summed E-state index contributed by atoms with van der Waals surface area (Å²) in [5.41, 5.74) is 0. The maximum atomic E-state index is 12.0. The number of aliphatic hydroxyl groups excluding tert-OH is 1. The minimum absolute atomic E-state index is 0.00902. The summed E-state index contributed by atoms with van der Waals surface area (Å²) in [5, 5.41) is 18.8. The molecule has 1 heterocycles. The normalized spacial score (nSPS) is 19.7. The van der Waals surface area contributed by atoms with Crippen molar-refractivity contribution in [1.82, 2.24) is 4.90 Å². The molecule has 0 aliphatic carbocycles. The lowest BCUT2D eigenvalue weighted by atomic mass is 10.00. The Balaban J connectivity index is 2.47. The van der Waals surface area contributed by atoms with Crippen LogP contribution >= 0.6 is 0 Å². The van der Waals surface area contributed by atoms with E-state index >= 15 is 0 Å². The van der Waals surface area contributed by atoms with Crippen molar-refractivity contribution in [3.8, 4) is 11.8 Å². The molecule has 2 N–H and O–H groups in total. The van der Waals surface area contributed by atoms with E-state index in [9.17, 15) is 14.7 Å². The third-order valence-corrected chi connectivity index (χ3v) is 4.44. The highest BCUT2D eigenvalue weighted by Crippen LogP contribution is 2.20. The number of aliphatic hydroxyl groups is 1. The summed E-state index contributed by atoms with van der Waals surface area (Å²) < 4.78 is 0. The first kappa shape index (κ1) is 22.0. The zero-order valence-corrected chi connectivity index (χ0v) is 15.9. The standard InChI is InChI=1S/C21H31NO4/c1-3-4-7-10-17(2)19(23)14-12-18-13-15-20(24)22(18)16-9-6-5-8-11-21(25)26/h6,9,12,14,17-19,23H,3,5,8,10-11,13,15-16H2,1-2H3,(H,25,26)/b9-6?,14-12+/t17-,18?,19+/m0/s1. The van der Waals surface area contributed by atoms with Crippen LogP contribution in [0.3, 0.4) is 0 Å². The Morgan fingerprint density at radius 3 is 2.85 bits per heavy atom. The minimum Gasteiger partial charge on any atom is -0.481 e. The van der Waals surface area contributed by atoms with Gasteiger partial charge in [-0.05, 0) is 25.2 Å². The van der Waals surface area contributed by atoms with Gasteiger partial charge >= 0.3 is 5.97 Å². The minimum atomic E-state index is -0.785. The Kier molecular flexibility index (Phi) is 10.4. The number of nitrogens with zero attached hydrogens (tertiary/aromatic N) is 1. The van der Waals surface area contributed by atoms with Crippen LogP contribution in [-0.2, 0) is 9.59 Å². The number of hydrogen-bond acceptors (Lipinski definition) is 3. The maximum Gasteiger partial charge on any atom is 0.303 e. The van der Waals surface area contributed by atoms with Crippen molar-refractivity contribution in [2.75, 3.05) is 6.54 Å². The Morgan fingerprint density at radius 2 is 2.15 bits per heavy atom. The highest BCUT2D eigenvalue weighted by molar-refractivity contribution is 5.79. The van der Waals surface area contributed by atoms with Crippen LogP contribution in [-0.4, -0.2) is 45.7 Å². The Labute approximate surface area is 156 Å². The molecule has 1 aliphatic heterocycles. The van der Waals surface area contributed by atoms with Gasteiger partial charge in [-0.25, -0.2) is 0 Å². The van der Waals surface area contributed by atoms with Gasteiger partial charge in [-0.3, -0.25) is 9.59 Å². The van der Waals surface area contributed by atoms with Crippen molar-refractivity contribution in [3.63, 3.8) is 0 Å². The summed E-state index contributed by atoms with van der Waals surface area (Å²) in [5.74, 6) is 5.46. The van der Waals surface area contributed by atoms with E-state index in [1.807, 2.05) is 32.1 Å². The van der Waals surface area contributed by atoms with Gasteiger partial charge in [-0.1, -0.05) is 38.2 Å². The van der Waals surface area contributed by atoms with Crippen molar-refractivity contribution >= 4 is 11.9 Å². The smallest absolute Gasteiger partial charge is 0.303 e. The lowest BCUT2D eigenvalue weighted by molar-refractivity contribution is -0.137. The molecule has 1 fully saturated rings. The molecule has 0 bridgehead atoms. The lowest BCUT2D eigenvalue weighted by Gasteiger charge is -2.21. The number of likely N-dealkylation sites (tertiary alicyclic amines) is 1. The molecule has 1 rings (SSSR count). The molecule has 0 aromatic rings. The number of carbonyl (C=O) groups excluding carboxylic acids is 1. The van der Waals surface area contributed by atoms with Crippen molar-refractivity contribution in [1.29, 1.82) is 0 Å². The molecular formula is C21H31NO4. The number of carbonyl (C=O) groups is 2. The van der Waals surface area contributed by atoms with Crippen LogP contribution in [0.25, 0.3) is 0 Å². The van der Waals surface area contributed by atoms with E-state index in [0.717, 1.165) is 12.8 Å². The van der Waals surface area contributed by atoms with Crippen molar-refractivity contribution in [3.05, 3.63) is 24.3 Å². The molecule has 1 amide bonds. The summed E-state index contributed by atoms with van der Waals surface area (Å²) in [4.78, 5) is 24.3. The molecule has 3 atom stereocenters. The van der Waals surface area contributed by atoms with Crippen LogP contribution in [0, 0.1) is 17.8 Å². The fourth-order valence-corrected chi connectivity index (χ4v) is 2.78. The number of hydrogen-bond donors (Lipinski definition) is 2. The number of amides is 1. The molecule has 0 saturated carbocycles. The first-order valence-corrected chi connectivity index (χ1v) is 9.44. The third kappa shape index (κ3) is 8.35. The summed E-state index contributed by atoms with van der Waals surface area (Å²) in [6, 6.07) is 0.00902. The van der Waals surface area contributed by atoms with E-state index in [1.165, 1.54) is 0 Å². The average Bonchev–Trinajstić information content (AvgIpc) is 2.95. The van der Waals surface area contributed by atoms with Gasteiger partial charge < -0.3 is 15.1 Å². The van der Waals surface area contributed by atoms with E-state index in [1.54, 1.807) is 11.0 Å². The van der Waals surface area contributed by atoms with E-state index < -0.39 is 12.1 Å². The topological polar surface area (TPSA) is 77.8 Å². The van der Waals surface area contributed by atoms with Crippen LogP contribution < -0.4 is 0 Å². The van der Waals surface area contributed by atoms with Crippen LogP contribution in [0.1, 0.15) is 58.8 Å². The molecule has 1 unspecified atom stereocenters. The molecule has 0 spiro atoms. The summed E-state index contributed by atoms with van der Waals surface area (Å²) in [6.45, 7) is 4.49. The monoisotopic (exact) mass is 361 g/mol. The summed E-state index contributed by atoms with van der Waals surface area (Å²) in [6.07, 6.45) is 11.2. The van der Waals surface area contributed by atoms with Crippen LogP contribution in [0.2, 0.25) is 0 Å². The molecule has 26 heavy (non-hydrogen) atoms. The molecule has 144 valence electrons. The molecule has 0 aromatic carbocycles. The Hall–Kier alpha value is -2.06. The number of allylic oxidation sites excluding steroid dienone is 1. The molecule has 1 saturated heterocycles. The van der Waals surface area contributed by atoms with Gasteiger partial charge in [0.1, 0.15) is 0 Å². The molecular weight excluding hydrogens is 330 g/mol. The molecule has 5 nitrogen and oxygen atoms in total. The first-order chi connectivity index (χ1) is 12.5. The summed E-state index contributed by atoms with van der Waals surface area (Å²) in [7, 11) is 0. The van der Waals surface area contributed by atoms with Gasteiger partial charge in [0.2, 0.25) is 5.91 Å². The highest BCUT2D eigenvalue weighted by Gasteiger charge is 2.28. The van der Waals surface area contributed by atoms with Gasteiger partial charge in [-0.2, -0.15) is 0 Å². The largest absolute Gasteiger partial charge is 0.481 e. The summed E-state index contributed by atoms with van der Waals surface area (Å²) >= 11 is 0. The third-order valence-electron chi connectivity index (χ3n) is 4.44. The quantitative estimate of drug-likeness (QED) is 0.356. The molecule has 0 aromatic heterocycles. The number of aliphatic carboxylic acids is 1. The predicted molar refractivity (Wildman–Crippen MR) is 102 cm³/mol. The van der Waals surface area contributed by atoms with Crippen LogP contribution in [0.5, 0.6) is 0 Å². The SMILES string of the molecule is CCC#CC[C@H](C)[C@H](O)/C=C/C1CCC(=O)N1CC=CCCCC(=O)O.